The lowest BCUT2D eigenvalue weighted by molar-refractivity contribution is 0.675. The molecule has 0 unspecified atom stereocenters. The predicted molar refractivity (Wildman–Crippen MR) is 52.9 cm³/mol. The summed E-state index contributed by atoms with van der Waals surface area (Å²) in [6.45, 7) is 4.18. The largest absolute Gasteiger partial charge is 0.399 e. The highest BCUT2D eigenvalue weighted by atomic mass is 14.8. The lowest BCUT2D eigenvalue weighted by atomic mass is 10.2. The van der Waals surface area contributed by atoms with E-state index in [0.717, 1.165) is 18.8 Å². The maximum atomic E-state index is 5.56. The Morgan fingerprint density at radius 1 is 1.25 bits per heavy atom. The maximum absolute atomic E-state index is 5.56. The van der Waals surface area contributed by atoms with E-state index in [4.69, 9.17) is 5.73 Å². The summed E-state index contributed by atoms with van der Waals surface area (Å²) in [4.78, 5) is 0. The van der Waals surface area contributed by atoms with E-state index in [9.17, 15) is 0 Å². The minimum atomic E-state index is 0.828. The van der Waals surface area contributed by atoms with Crippen LogP contribution in [0.5, 0.6) is 0 Å². The Kier molecular flexibility index (Phi) is 3.61. The second-order valence-corrected chi connectivity index (χ2v) is 2.92. The van der Waals surface area contributed by atoms with Gasteiger partial charge in [-0.2, -0.15) is 0 Å². The number of anilines is 1. The number of nitrogens with one attached hydrogen (secondary N) is 1. The number of hydrogen-bond donors (Lipinski definition) is 2. The molecule has 3 N–H and O–H groups in total. The molecule has 1 aromatic rings. The molecule has 2 heteroatoms. The highest BCUT2D eigenvalue weighted by molar-refractivity contribution is 5.39. The van der Waals surface area contributed by atoms with E-state index in [1.165, 1.54) is 12.0 Å². The third kappa shape index (κ3) is 2.93. The third-order valence-electron chi connectivity index (χ3n) is 1.74. The molecule has 0 aliphatic heterocycles. The van der Waals surface area contributed by atoms with E-state index >= 15 is 0 Å². The third-order valence-corrected chi connectivity index (χ3v) is 1.74. The number of nitrogens with two attached hydrogens (primary N) is 1. The summed E-state index contributed by atoms with van der Waals surface area (Å²) in [6, 6.07) is 7.97. The SMILES string of the molecule is CCCNCc1ccc(N)cc1. The van der Waals surface area contributed by atoms with Crippen LogP contribution < -0.4 is 11.1 Å². The predicted octanol–water partition coefficient (Wildman–Crippen LogP) is 1.77. The summed E-state index contributed by atoms with van der Waals surface area (Å²) in [5, 5.41) is 3.33. The van der Waals surface area contributed by atoms with Crippen molar-refractivity contribution in [2.45, 2.75) is 19.9 Å². The lowest BCUT2D eigenvalue weighted by Gasteiger charge is -2.02. The van der Waals surface area contributed by atoms with Crippen molar-refractivity contribution in [3.05, 3.63) is 29.8 Å². The minimum absolute atomic E-state index is 0.828. The Labute approximate surface area is 73.8 Å². The quantitative estimate of drug-likeness (QED) is 0.525. The van der Waals surface area contributed by atoms with E-state index < -0.39 is 0 Å². The molecular weight excluding hydrogens is 148 g/mol. The van der Waals surface area contributed by atoms with Crippen LogP contribution in [0.25, 0.3) is 0 Å². The Morgan fingerprint density at radius 3 is 2.50 bits per heavy atom. The van der Waals surface area contributed by atoms with Crippen molar-refractivity contribution >= 4 is 5.69 Å². The standard InChI is InChI=1S/C10H16N2/c1-2-7-12-8-9-3-5-10(11)6-4-9/h3-6,12H,2,7-8,11H2,1H3. The molecule has 66 valence electrons. The van der Waals surface area contributed by atoms with Gasteiger partial charge in [-0.15, -0.1) is 0 Å². The van der Waals surface area contributed by atoms with Gasteiger partial charge >= 0.3 is 0 Å². The van der Waals surface area contributed by atoms with E-state index in [1.807, 2.05) is 12.1 Å². The van der Waals surface area contributed by atoms with Crippen molar-refractivity contribution in [2.75, 3.05) is 12.3 Å². The van der Waals surface area contributed by atoms with Gasteiger partial charge in [-0.3, -0.25) is 0 Å². The molecule has 0 radical (unpaired) electrons. The first-order valence-corrected chi connectivity index (χ1v) is 4.38. The Hall–Kier alpha value is -1.02. The molecule has 0 spiro atoms. The molecule has 12 heavy (non-hydrogen) atoms. The molecule has 0 aromatic heterocycles. The number of hydrogen-bond acceptors (Lipinski definition) is 2. The molecule has 0 aliphatic rings. The zero-order valence-electron chi connectivity index (χ0n) is 7.51. The molecule has 0 fully saturated rings. The number of rotatable bonds is 4. The van der Waals surface area contributed by atoms with Gasteiger partial charge in [-0.1, -0.05) is 19.1 Å². The summed E-state index contributed by atoms with van der Waals surface area (Å²) in [7, 11) is 0. The average molecular weight is 164 g/mol. The summed E-state index contributed by atoms with van der Waals surface area (Å²) < 4.78 is 0. The van der Waals surface area contributed by atoms with Crippen LogP contribution in [-0.4, -0.2) is 6.54 Å². The van der Waals surface area contributed by atoms with Gasteiger partial charge in [0.15, 0.2) is 0 Å². The van der Waals surface area contributed by atoms with E-state index in [0.29, 0.717) is 0 Å². The molecule has 2 nitrogen and oxygen atoms in total. The van der Waals surface area contributed by atoms with Crippen molar-refractivity contribution < 1.29 is 0 Å². The van der Waals surface area contributed by atoms with Crippen molar-refractivity contribution in [1.29, 1.82) is 0 Å². The zero-order chi connectivity index (χ0) is 8.81. The summed E-state index contributed by atoms with van der Waals surface area (Å²) in [6.07, 6.45) is 1.18. The molecular formula is C10H16N2. The van der Waals surface area contributed by atoms with Crippen molar-refractivity contribution in [3.8, 4) is 0 Å². The fourth-order valence-electron chi connectivity index (χ4n) is 1.04. The topological polar surface area (TPSA) is 38.0 Å². The van der Waals surface area contributed by atoms with Gasteiger partial charge in [0.2, 0.25) is 0 Å². The molecule has 0 aliphatic carbocycles. The molecule has 0 atom stereocenters. The van der Waals surface area contributed by atoms with Crippen LogP contribution in [0.1, 0.15) is 18.9 Å². The van der Waals surface area contributed by atoms with Gasteiger partial charge in [0.1, 0.15) is 0 Å². The number of benzene rings is 1. The van der Waals surface area contributed by atoms with Gasteiger partial charge in [-0.05, 0) is 30.7 Å². The highest BCUT2D eigenvalue weighted by Gasteiger charge is 1.90. The monoisotopic (exact) mass is 164 g/mol. The molecule has 1 rings (SSSR count). The van der Waals surface area contributed by atoms with Crippen LogP contribution in [-0.2, 0) is 6.54 Å². The first-order valence-electron chi connectivity index (χ1n) is 4.38. The second-order valence-electron chi connectivity index (χ2n) is 2.92. The molecule has 0 saturated carbocycles. The average Bonchev–Trinajstić information content (AvgIpc) is 2.09. The first-order chi connectivity index (χ1) is 5.83. The molecule has 1 aromatic carbocycles. The summed E-state index contributed by atoms with van der Waals surface area (Å²) in [5.74, 6) is 0. The van der Waals surface area contributed by atoms with Gasteiger partial charge in [-0.25, -0.2) is 0 Å². The summed E-state index contributed by atoms with van der Waals surface area (Å²) in [5.41, 5.74) is 7.68. The molecule has 0 saturated heterocycles. The van der Waals surface area contributed by atoms with Crippen LogP contribution in [0.2, 0.25) is 0 Å². The maximum Gasteiger partial charge on any atom is 0.0314 e. The Balaban J connectivity index is 2.37. The Morgan fingerprint density at radius 2 is 1.92 bits per heavy atom. The van der Waals surface area contributed by atoms with Crippen molar-refractivity contribution in [1.82, 2.24) is 5.32 Å². The highest BCUT2D eigenvalue weighted by Crippen LogP contribution is 2.04. The van der Waals surface area contributed by atoms with Gasteiger partial charge < -0.3 is 11.1 Å². The van der Waals surface area contributed by atoms with Crippen LogP contribution in [0.3, 0.4) is 0 Å². The van der Waals surface area contributed by atoms with Gasteiger partial charge in [0.25, 0.3) is 0 Å². The first kappa shape index (κ1) is 9.07. The van der Waals surface area contributed by atoms with E-state index in [2.05, 4.69) is 24.4 Å². The van der Waals surface area contributed by atoms with E-state index in [1.54, 1.807) is 0 Å². The minimum Gasteiger partial charge on any atom is -0.399 e. The smallest absolute Gasteiger partial charge is 0.0314 e. The second kappa shape index (κ2) is 4.78. The normalized spacial score (nSPS) is 10.1. The van der Waals surface area contributed by atoms with Crippen LogP contribution in [0, 0.1) is 0 Å². The molecule has 0 bridgehead atoms. The van der Waals surface area contributed by atoms with Crippen molar-refractivity contribution in [3.63, 3.8) is 0 Å². The molecule has 0 amide bonds. The lowest BCUT2D eigenvalue weighted by Crippen LogP contribution is -2.13. The van der Waals surface area contributed by atoms with Crippen LogP contribution >= 0.6 is 0 Å². The van der Waals surface area contributed by atoms with Crippen LogP contribution in [0.4, 0.5) is 5.69 Å². The fourth-order valence-corrected chi connectivity index (χ4v) is 1.04. The van der Waals surface area contributed by atoms with Crippen molar-refractivity contribution in [2.24, 2.45) is 0 Å². The fraction of sp³-hybridized carbons (Fsp3) is 0.400. The zero-order valence-corrected chi connectivity index (χ0v) is 7.51. The molecule has 0 heterocycles. The van der Waals surface area contributed by atoms with E-state index in [-0.39, 0.29) is 0 Å². The summed E-state index contributed by atoms with van der Waals surface area (Å²) >= 11 is 0. The Bertz CT molecular complexity index is 216. The van der Waals surface area contributed by atoms with Gasteiger partial charge in [0.05, 0.1) is 0 Å². The van der Waals surface area contributed by atoms with Crippen LogP contribution in [0.15, 0.2) is 24.3 Å². The number of nitrogen functional groups attached to an aromatic ring is 1. The van der Waals surface area contributed by atoms with Gasteiger partial charge in [0, 0.05) is 12.2 Å².